The average molecular weight is 399 g/mol. The molecule has 0 unspecified atom stereocenters. The van der Waals surface area contributed by atoms with E-state index in [0.29, 0.717) is 5.02 Å². The summed E-state index contributed by atoms with van der Waals surface area (Å²) in [4.78, 5) is 9.72. The highest BCUT2D eigenvalue weighted by Crippen LogP contribution is 2.25. The minimum Gasteiger partial charge on any atom is -0.304 e. The highest BCUT2D eigenvalue weighted by atomic mass is 35.5. The topological polar surface area (TPSA) is 24.3 Å². The summed E-state index contributed by atoms with van der Waals surface area (Å²) in [5.41, 5.74) is 2.91. The zero-order chi connectivity index (χ0) is 19.5. The molecule has 28 heavy (non-hydrogen) atoms. The summed E-state index contributed by atoms with van der Waals surface area (Å²) in [7, 11) is 2.17. The van der Waals surface area contributed by atoms with Gasteiger partial charge < -0.3 is 9.80 Å². The molecule has 3 aromatic rings. The maximum atomic E-state index is 13.4. The summed E-state index contributed by atoms with van der Waals surface area (Å²) in [6.07, 6.45) is 2.97. The smallest absolute Gasteiger partial charge is 0.144 e. The highest BCUT2D eigenvalue weighted by molar-refractivity contribution is 6.30. The van der Waals surface area contributed by atoms with Gasteiger partial charge in [0.1, 0.15) is 11.6 Å². The van der Waals surface area contributed by atoms with E-state index >= 15 is 0 Å². The maximum absolute atomic E-state index is 13.4. The van der Waals surface area contributed by atoms with Crippen LogP contribution >= 0.6 is 11.6 Å². The van der Waals surface area contributed by atoms with Crippen molar-refractivity contribution in [2.45, 2.75) is 6.42 Å². The van der Waals surface area contributed by atoms with Gasteiger partial charge in [-0.3, -0.25) is 4.57 Å². The third-order valence-electron chi connectivity index (χ3n) is 5.24. The van der Waals surface area contributed by atoms with Crippen LogP contribution < -0.4 is 0 Å². The Hall–Kier alpha value is -2.21. The lowest BCUT2D eigenvalue weighted by Gasteiger charge is -2.32. The van der Waals surface area contributed by atoms with Crippen molar-refractivity contribution in [3.05, 3.63) is 71.3 Å². The van der Waals surface area contributed by atoms with Crippen molar-refractivity contribution in [3.8, 4) is 17.1 Å². The van der Waals surface area contributed by atoms with Gasteiger partial charge >= 0.3 is 0 Å². The Morgan fingerprint density at radius 2 is 1.64 bits per heavy atom. The molecular weight excluding hydrogens is 375 g/mol. The maximum Gasteiger partial charge on any atom is 0.144 e. The molecule has 146 valence electrons. The second-order valence-corrected chi connectivity index (χ2v) is 7.74. The first-order valence-corrected chi connectivity index (χ1v) is 9.97. The Balaban J connectivity index is 1.60. The van der Waals surface area contributed by atoms with Crippen LogP contribution in [0.3, 0.4) is 0 Å². The van der Waals surface area contributed by atoms with Gasteiger partial charge in [0.15, 0.2) is 0 Å². The summed E-state index contributed by atoms with van der Waals surface area (Å²) >= 11 is 6.05. The van der Waals surface area contributed by atoms with Gasteiger partial charge in [-0.25, -0.2) is 9.37 Å². The van der Waals surface area contributed by atoms with E-state index < -0.39 is 0 Å². The van der Waals surface area contributed by atoms with Crippen molar-refractivity contribution >= 4 is 11.6 Å². The molecule has 1 aromatic heterocycles. The SMILES string of the molecule is CN1CCN(CCc2cn(-c3ccc(Cl)cc3)c(-c3ccc(F)cc3)n2)CC1. The Morgan fingerprint density at radius 1 is 0.964 bits per heavy atom. The van der Waals surface area contributed by atoms with Gasteiger partial charge in [-0.2, -0.15) is 0 Å². The van der Waals surface area contributed by atoms with Gasteiger partial charge in [0.25, 0.3) is 0 Å². The molecule has 0 spiro atoms. The first kappa shape index (κ1) is 19.1. The molecule has 0 radical (unpaired) electrons. The Morgan fingerprint density at radius 3 is 2.32 bits per heavy atom. The molecule has 0 N–H and O–H groups in total. The van der Waals surface area contributed by atoms with Gasteiger partial charge in [0.05, 0.1) is 5.69 Å². The Bertz CT molecular complexity index is 850. The quantitative estimate of drug-likeness (QED) is 0.646. The second-order valence-electron chi connectivity index (χ2n) is 7.30. The number of hydrogen-bond donors (Lipinski definition) is 0. The van der Waals surface area contributed by atoms with Crippen LogP contribution in [0.15, 0.2) is 54.7 Å². The number of halogens is 2. The summed E-state index contributed by atoms with van der Waals surface area (Å²) in [6, 6.07) is 14.2. The number of hydrogen-bond acceptors (Lipinski definition) is 3. The zero-order valence-electron chi connectivity index (χ0n) is 16.0. The van der Waals surface area contributed by atoms with Crippen molar-refractivity contribution in [1.82, 2.24) is 19.4 Å². The minimum atomic E-state index is -0.247. The molecule has 4 nitrogen and oxygen atoms in total. The molecule has 0 bridgehead atoms. The summed E-state index contributed by atoms with van der Waals surface area (Å²) in [5, 5.41) is 0.697. The standard InChI is InChI=1S/C22H24ClFN4/c1-26-12-14-27(15-13-26)11-10-20-16-28(21-8-4-18(23)5-9-21)22(25-20)17-2-6-19(24)7-3-17/h2-9,16H,10-15H2,1H3. The normalized spacial score (nSPS) is 15.8. The molecule has 1 fully saturated rings. The minimum absolute atomic E-state index is 0.247. The fraction of sp³-hybridized carbons (Fsp3) is 0.318. The van der Waals surface area contributed by atoms with Crippen LogP contribution in [0.4, 0.5) is 4.39 Å². The molecule has 2 aromatic carbocycles. The number of likely N-dealkylation sites (N-methyl/N-ethyl adjacent to an activating group) is 1. The zero-order valence-corrected chi connectivity index (χ0v) is 16.7. The first-order chi connectivity index (χ1) is 13.6. The molecule has 0 aliphatic carbocycles. The number of rotatable bonds is 5. The molecule has 1 saturated heterocycles. The van der Waals surface area contributed by atoms with E-state index in [1.165, 1.54) is 12.1 Å². The molecular formula is C22H24ClFN4. The van der Waals surface area contributed by atoms with Crippen molar-refractivity contribution in [1.29, 1.82) is 0 Å². The fourth-order valence-corrected chi connectivity index (χ4v) is 3.62. The Labute approximate surface area is 170 Å². The van der Waals surface area contributed by atoms with Gasteiger partial charge in [-0.1, -0.05) is 11.6 Å². The van der Waals surface area contributed by atoms with E-state index in [9.17, 15) is 4.39 Å². The van der Waals surface area contributed by atoms with Crippen LogP contribution in [-0.4, -0.2) is 59.1 Å². The number of nitrogens with zero attached hydrogens (tertiary/aromatic N) is 4. The van der Waals surface area contributed by atoms with Crippen LogP contribution in [0.5, 0.6) is 0 Å². The lowest BCUT2D eigenvalue weighted by atomic mass is 10.2. The molecule has 4 rings (SSSR count). The molecule has 1 aliphatic rings. The van der Waals surface area contributed by atoms with Gasteiger partial charge in [0, 0.05) is 61.6 Å². The van der Waals surface area contributed by atoms with Crippen LogP contribution in [0.25, 0.3) is 17.1 Å². The van der Waals surface area contributed by atoms with Gasteiger partial charge in [0.2, 0.25) is 0 Å². The van der Waals surface area contributed by atoms with Crippen LogP contribution in [0.1, 0.15) is 5.69 Å². The fourth-order valence-electron chi connectivity index (χ4n) is 3.49. The summed E-state index contributed by atoms with van der Waals surface area (Å²) in [5.74, 6) is 0.569. The molecule has 0 saturated carbocycles. The summed E-state index contributed by atoms with van der Waals surface area (Å²) < 4.78 is 15.4. The number of piperazine rings is 1. The van der Waals surface area contributed by atoms with E-state index in [0.717, 1.165) is 61.9 Å². The monoisotopic (exact) mass is 398 g/mol. The van der Waals surface area contributed by atoms with E-state index in [1.807, 2.05) is 24.3 Å². The number of imidazole rings is 1. The van der Waals surface area contributed by atoms with Crippen molar-refractivity contribution in [2.75, 3.05) is 39.8 Å². The predicted octanol–water partition coefficient (Wildman–Crippen LogP) is 4.12. The molecule has 1 aliphatic heterocycles. The van der Waals surface area contributed by atoms with Crippen molar-refractivity contribution in [2.24, 2.45) is 0 Å². The van der Waals surface area contributed by atoms with Gasteiger partial charge in [-0.05, 0) is 55.6 Å². The molecule has 0 atom stereocenters. The molecule has 6 heteroatoms. The predicted molar refractivity (Wildman–Crippen MR) is 112 cm³/mol. The Kier molecular flexibility index (Phi) is 5.76. The third-order valence-corrected chi connectivity index (χ3v) is 5.50. The van der Waals surface area contributed by atoms with Crippen molar-refractivity contribution < 1.29 is 4.39 Å². The van der Waals surface area contributed by atoms with Crippen LogP contribution in [0, 0.1) is 5.82 Å². The molecule has 0 amide bonds. The van der Waals surface area contributed by atoms with Crippen molar-refractivity contribution in [3.63, 3.8) is 0 Å². The average Bonchev–Trinajstić information content (AvgIpc) is 3.13. The third kappa shape index (κ3) is 4.43. The van der Waals surface area contributed by atoms with E-state index in [4.69, 9.17) is 16.6 Å². The van der Waals surface area contributed by atoms with E-state index in [2.05, 4.69) is 27.6 Å². The second kappa shape index (κ2) is 8.43. The molecule has 2 heterocycles. The lowest BCUT2D eigenvalue weighted by Crippen LogP contribution is -2.45. The lowest BCUT2D eigenvalue weighted by molar-refractivity contribution is 0.155. The largest absolute Gasteiger partial charge is 0.304 e. The van der Waals surface area contributed by atoms with Crippen LogP contribution in [-0.2, 0) is 6.42 Å². The highest BCUT2D eigenvalue weighted by Gasteiger charge is 2.16. The number of aromatic nitrogens is 2. The summed E-state index contributed by atoms with van der Waals surface area (Å²) in [6.45, 7) is 5.41. The van der Waals surface area contributed by atoms with E-state index in [1.54, 1.807) is 12.1 Å². The van der Waals surface area contributed by atoms with Gasteiger partial charge in [-0.15, -0.1) is 0 Å². The van der Waals surface area contributed by atoms with E-state index in [-0.39, 0.29) is 5.82 Å². The number of benzene rings is 2. The first-order valence-electron chi connectivity index (χ1n) is 9.59. The van der Waals surface area contributed by atoms with Crippen LogP contribution in [0.2, 0.25) is 5.02 Å².